The van der Waals surface area contributed by atoms with Crippen molar-refractivity contribution < 1.29 is 33.5 Å². The van der Waals surface area contributed by atoms with Gasteiger partial charge in [0.15, 0.2) is 0 Å². The summed E-state index contributed by atoms with van der Waals surface area (Å²) in [5, 5.41) is 7.77. The molecule has 0 aromatic carbocycles. The minimum absolute atomic E-state index is 0.0159. The molecule has 1 saturated heterocycles. The molecular formula is C24H41N5O7S2. The molecular weight excluding hydrogens is 534 g/mol. The maximum absolute atomic E-state index is 13.5. The SMILES string of the molecule is CSCC[C@H](NC(=O)[C@H](CCC(=O)OC(C)(C)C)NC(C)=O)C(=O)N1CCCC1C(=O)N[C@H](CS)C(N)=O. The number of thioether (sulfide) groups is 1. The quantitative estimate of drug-likeness (QED) is 0.139. The van der Waals surface area contributed by atoms with Gasteiger partial charge in [-0.2, -0.15) is 24.4 Å². The molecule has 0 aromatic heterocycles. The molecule has 1 heterocycles. The van der Waals surface area contributed by atoms with Crippen LogP contribution in [-0.4, -0.2) is 94.5 Å². The van der Waals surface area contributed by atoms with Crippen LogP contribution in [0.4, 0.5) is 0 Å². The lowest BCUT2D eigenvalue weighted by Crippen LogP contribution is -2.58. The highest BCUT2D eigenvalue weighted by molar-refractivity contribution is 7.98. The Morgan fingerprint density at radius 1 is 1.05 bits per heavy atom. The first-order valence-corrected chi connectivity index (χ1v) is 14.5. The lowest BCUT2D eigenvalue weighted by atomic mass is 10.1. The second-order valence-electron chi connectivity index (χ2n) is 10.1. The molecule has 5 amide bonds. The van der Waals surface area contributed by atoms with Gasteiger partial charge in [-0.15, -0.1) is 0 Å². The standard InChI is InChI=1S/C24H41N5O7S2/c1-14(30)26-15(8-9-19(31)36-24(2,3)4)21(33)27-16(10-12-38-5)23(35)29-11-6-7-18(29)22(34)28-17(13-37)20(25)32/h15-18,37H,6-13H2,1-5H3,(H2,25,32)(H,26,30)(H,27,33)(H,28,34)/t15-,16-,17+,18?/m0/s1. The Hall–Kier alpha value is -2.48. The van der Waals surface area contributed by atoms with E-state index in [0.717, 1.165) is 0 Å². The molecule has 4 atom stereocenters. The van der Waals surface area contributed by atoms with Gasteiger partial charge in [-0.05, 0) is 58.5 Å². The number of likely N-dealkylation sites (tertiary alicyclic amines) is 1. The molecule has 38 heavy (non-hydrogen) atoms. The average Bonchev–Trinajstić information content (AvgIpc) is 3.30. The smallest absolute Gasteiger partial charge is 0.306 e. The zero-order valence-electron chi connectivity index (χ0n) is 22.7. The van der Waals surface area contributed by atoms with Gasteiger partial charge in [-0.3, -0.25) is 28.8 Å². The van der Waals surface area contributed by atoms with E-state index in [9.17, 15) is 28.8 Å². The minimum atomic E-state index is -1.06. The van der Waals surface area contributed by atoms with Gasteiger partial charge in [0.25, 0.3) is 0 Å². The number of rotatable bonds is 14. The number of nitrogens with one attached hydrogen (secondary N) is 3. The molecule has 12 nitrogen and oxygen atoms in total. The summed E-state index contributed by atoms with van der Waals surface area (Å²) in [6.45, 7) is 6.73. The van der Waals surface area contributed by atoms with Gasteiger partial charge in [0.1, 0.15) is 29.8 Å². The number of carbonyl (C=O) groups excluding carboxylic acids is 6. The summed E-state index contributed by atoms with van der Waals surface area (Å²) in [6, 6.07) is -3.82. The van der Waals surface area contributed by atoms with Crippen LogP contribution in [-0.2, 0) is 33.5 Å². The van der Waals surface area contributed by atoms with Crippen LogP contribution in [0.5, 0.6) is 0 Å². The van der Waals surface area contributed by atoms with Crippen molar-refractivity contribution in [2.24, 2.45) is 5.73 Å². The molecule has 216 valence electrons. The van der Waals surface area contributed by atoms with E-state index in [-0.39, 0.29) is 25.0 Å². The average molecular weight is 576 g/mol. The molecule has 0 aliphatic carbocycles. The van der Waals surface area contributed by atoms with E-state index in [1.54, 1.807) is 20.8 Å². The number of primary amides is 1. The lowest BCUT2D eigenvalue weighted by molar-refractivity contribution is -0.155. The fourth-order valence-corrected chi connectivity index (χ4v) is 4.65. The zero-order chi connectivity index (χ0) is 29.0. The second-order valence-corrected chi connectivity index (χ2v) is 11.4. The minimum Gasteiger partial charge on any atom is -0.460 e. The van der Waals surface area contributed by atoms with E-state index in [2.05, 4.69) is 28.6 Å². The van der Waals surface area contributed by atoms with Crippen molar-refractivity contribution in [2.75, 3.05) is 24.3 Å². The molecule has 1 unspecified atom stereocenters. The summed E-state index contributed by atoms with van der Waals surface area (Å²) in [5.74, 6) is -2.73. The molecule has 1 fully saturated rings. The summed E-state index contributed by atoms with van der Waals surface area (Å²) < 4.78 is 5.28. The highest BCUT2D eigenvalue weighted by Crippen LogP contribution is 2.20. The summed E-state index contributed by atoms with van der Waals surface area (Å²) in [6.07, 6.45) is 2.98. The van der Waals surface area contributed by atoms with Crippen molar-refractivity contribution in [1.29, 1.82) is 0 Å². The number of carbonyl (C=O) groups is 6. The van der Waals surface area contributed by atoms with Gasteiger partial charge in [-0.25, -0.2) is 0 Å². The molecule has 1 aliphatic rings. The Bertz CT molecular complexity index is 881. The van der Waals surface area contributed by atoms with Gasteiger partial charge in [0.2, 0.25) is 29.5 Å². The number of amides is 5. The van der Waals surface area contributed by atoms with Crippen molar-refractivity contribution in [3.63, 3.8) is 0 Å². The molecule has 5 N–H and O–H groups in total. The van der Waals surface area contributed by atoms with Crippen molar-refractivity contribution in [2.45, 2.75) is 89.6 Å². The van der Waals surface area contributed by atoms with E-state index < -0.39 is 65.3 Å². The van der Waals surface area contributed by atoms with Crippen LogP contribution in [0, 0.1) is 0 Å². The monoisotopic (exact) mass is 575 g/mol. The zero-order valence-corrected chi connectivity index (χ0v) is 24.4. The lowest BCUT2D eigenvalue weighted by Gasteiger charge is -2.30. The van der Waals surface area contributed by atoms with Crippen LogP contribution in [0.2, 0.25) is 0 Å². The van der Waals surface area contributed by atoms with Crippen LogP contribution in [0.1, 0.15) is 59.8 Å². The van der Waals surface area contributed by atoms with E-state index in [0.29, 0.717) is 25.1 Å². The van der Waals surface area contributed by atoms with Crippen LogP contribution >= 0.6 is 24.4 Å². The van der Waals surface area contributed by atoms with E-state index in [1.807, 2.05) is 6.26 Å². The van der Waals surface area contributed by atoms with E-state index in [4.69, 9.17) is 10.5 Å². The van der Waals surface area contributed by atoms with Gasteiger partial charge >= 0.3 is 5.97 Å². The molecule has 14 heteroatoms. The Morgan fingerprint density at radius 3 is 2.24 bits per heavy atom. The number of nitrogens with two attached hydrogens (primary N) is 1. The first-order chi connectivity index (χ1) is 17.7. The van der Waals surface area contributed by atoms with Crippen molar-refractivity contribution in [3.05, 3.63) is 0 Å². The summed E-state index contributed by atoms with van der Waals surface area (Å²) in [7, 11) is 0. The van der Waals surface area contributed by atoms with Crippen molar-refractivity contribution >= 4 is 59.9 Å². The largest absolute Gasteiger partial charge is 0.460 e. The number of hydrogen-bond acceptors (Lipinski definition) is 9. The van der Waals surface area contributed by atoms with Crippen LogP contribution < -0.4 is 21.7 Å². The summed E-state index contributed by atoms with van der Waals surface area (Å²) in [4.78, 5) is 76.3. The third-order valence-electron chi connectivity index (χ3n) is 5.66. The number of esters is 1. The molecule has 0 bridgehead atoms. The second kappa shape index (κ2) is 15.8. The van der Waals surface area contributed by atoms with Crippen molar-refractivity contribution in [1.82, 2.24) is 20.9 Å². The first-order valence-electron chi connectivity index (χ1n) is 12.5. The third kappa shape index (κ3) is 11.5. The number of hydrogen-bond donors (Lipinski definition) is 5. The van der Waals surface area contributed by atoms with Crippen LogP contribution in [0.25, 0.3) is 0 Å². The topological polar surface area (TPSA) is 177 Å². The Morgan fingerprint density at radius 2 is 1.71 bits per heavy atom. The maximum Gasteiger partial charge on any atom is 0.306 e. The number of thiol groups is 1. The van der Waals surface area contributed by atoms with Gasteiger partial charge in [0.05, 0.1) is 0 Å². The molecule has 1 aliphatic heterocycles. The van der Waals surface area contributed by atoms with Gasteiger partial charge < -0.3 is 31.3 Å². The predicted octanol–water partition coefficient (Wildman–Crippen LogP) is -0.258. The van der Waals surface area contributed by atoms with Crippen LogP contribution in [0.15, 0.2) is 0 Å². The summed E-state index contributed by atoms with van der Waals surface area (Å²) >= 11 is 5.52. The highest BCUT2D eigenvalue weighted by Gasteiger charge is 2.39. The van der Waals surface area contributed by atoms with E-state index in [1.165, 1.54) is 23.6 Å². The van der Waals surface area contributed by atoms with Crippen LogP contribution in [0.3, 0.4) is 0 Å². The van der Waals surface area contributed by atoms with Gasteiger partial charge in [0, 0.05) is 25.6 Å². The fraction of sp³-hybridized carbons (Fsp3) is 0.750. The Labute approximate surface area is 233 Å². The fourth-order valence-electron chi connectivity index (χ4n) is 3.91. The predicted molar refractivity (Wildman–Crippen MR) is 147 cm³/mol. The summed E-state index contributed by atoms with van der Waals surface area (Å²) in [5.41, 5.74) is 4.60. The van der Waals surface area contributed by atoms with Gasteiger partial charge in [-0.1, -0.05) is 0 Å². The normalized spacial score (nSPS) is 17.6. The number of nitrogens with zero attached hydrogens (tertiary/aromatic N) is 1. The molecule has 0 aromatic rings. The van der Waals surface area contributed by atoms with Crippen molar-refractivity contribution in [3.8, 4) is 0 Å². The molecule has 0 radical (unpaired) electrons. The third-order valence-corrected chi connectivity index (χ3v) is 6.67. The molecule has 0 spiro atoms. The Balaban J connectivity index is 3.00. The van der Waals surface area contributed by atoms with E-state index >= 15 is 0 Å². The molecule has 0 saturated carbocycles. The Kier molecular flexibility index (Phi) is 14.0. The number of ether oxygens (including phenoxy) is 1. The molecule has 1 rings (SSSR count). The maximum atomic E-state index is 13.5. The first kappa shape index (κ1) is 33.5. The highest BCUT2D eigenvalue weighted by atomic mass is 32.2.